The topological polar surface area (TPSA) is 75.8 Å². The van der Waals surface area contributed by atoms with Gasteiger partial charge in [0, 0.05) is 38.7 Å². The lowest BCUT2D eigenvalue weighted by Crippen LogP contribution is -2.49. The highest BCUT2D eigenvalue weighted by molar-refractivity contribution is 5.93. The number of anilines is 2. The summed E-state index contributed by atoms with van der Waals surface area (Å²) in [5, 5.41) is 7.11. The molecule has 5 rings (SSSR count). The number of rotatable bonds is 4. The second-order valence-electron chi connectivity index (χ2n) is 8.32. The first-order chi connectivity index (χ1) is 16.3. The van der Waals surface area contributed by atoms with Gasteiger partial charge in [-0.1, -0.05) is 12.1 Å². The number of ether oxygens (including phenoxy) is 1. The van der Waals surface area contributed by atoms with Crippen LogP contribution in [0.1, 0.15) is 34.8 Å². The number of nitrogens with one attached hydrogen (secondary N) is 1. The van der Waals surface area contributed by atoms with E-state index in [4.69, 9.17) is 9.15 Å². The molecule has 0 aliphatic carbocycles. The van der Waals surface area contributed by atoms with Crippen LogP contribution in [-0.4, -0.2) is 60.1 Å². The third kappa shape index (κ3) is 4.06. The van der Waals surface area contributed by atoms with Crippen molar-refractivity contribution in [2.24, 2.45) is 0 Å². The fourth-order valence-electron chi connectivity index (χ4n) is 4.56. The van der Waals surface area contributed by atoms with E-state index in [-0.39, 0.29) is 23.8 Å². The molecule has 0 saturated carbocycles. The highest BCUT2D eigenvalue weighted by Gasteiger charge is 2.47. The van der Waals surface area contributed by atoms with E-state index in [1.807, 2.05) is 24.3 Å². The van der Waals surface area contributed by atoms with E-state index in [1.54, 1.807) is 24.1 Å². The van der Waals surface area contributed by atoms with Gasteiger partial charge >= 0.3 is 6.18 Å². The fraction of sp³-hybridized carbons (Fsp3) is 0.391. The quantitative estimate of drug-likeness (QED) is 0.612. The van der Waals surface area contributed by atoms with Crippen molar-refractivity contribution in [2.75, 3.05) is 43.5 Å². The maximum Gasteiger partial charge on any atom is 0.410 e. The third-order valence-corrected chi connectivity index (χ3v) is 6.29. The molecule has 3 aromatic rings. The van der Waals surface area contributed by atoms with E-state index in [9.17, 15) is 18.0 Å². The van der Waals surface area contributed by atoms with E-state index in [1.165, 1.54) is 12.3 Å². The van der Waals surface area contributed by atoms with Crippen LogP contribution in [0.3, 0.4) is 0 Å². The lowest BCUT2D eigenvalue weighted by molar-refractivity contribution is -0.174. The summed E-state index contributed by atoms with van der Waals surface area (Å²) in [7, 11) is 1.61. The predicted molar refractivity (Wildman–Crippen MR) is 118 cm³/mol. The summed E-state index contributed by atoms with van der Waals surface area (Å²) in [5.74, 6) is 0.909. The summed E-state index contributed by atoms with van der Waals surface area (Å²) < 4.78 is 53.1. The molecule has 11 heteroatoms. The normalized spacial score (nSPS) is 20.6. The molecule has 2 aromatic heterocycles. The van der Waals surface area contributed by atoms with Gasteiger partial charge in [0.05, 0.1) is 25.1 Å². The van der Waals surface area contributed by atoms with Gasteiger partial charge in [-0.3, -0.25) is 4.79 Å². The molecule has 1 saturated heterocycles. The zero-order valence-electron chi connectivity index (χ0n) is 18.5. The van der Waals surface area contributed by atoms with Crippen LogP contribution in [-0.2, 0) is 0 Å². The number of piperazine rings is 1. The van der Waals surface area contributed by atoms with Crippen LogP contribution in [0.5, 0.6) is 5.75 Å². The zero-order valence-corrected chi connectivity index (χ0v) is 18.5. The van der Waals surface area contributed by atoms with Crippen LogP contribution < -0.4 is 15.0 Å². The predicted octanol–water partition coefficient (Wildman–Crippen LogP) is 4.11. The monoisotopic (exact) mass is 475 g/mol. The van der Waals surface area contributed by atoms with Crippen molar-refractivity contribution in [1.29, 1.82) is 0 Å². The van der Waals surface area contributed by atoms with Crippen molar-refractivity contribution in [2.45, 2.75) is 24.7 Å². The highest BCUT2D eigenvalue weighted by atomic mass is 19.4. The largest absolute Gasteiger partial charge is 0.495 e. The van der Waals surface area contributed by atoms with Crippen molar-refractivity contribution in [3.8, 4) is 5.75 Å². The van der Waals surface area contributed by atoms with Gasteiger partial charge in [0.25, 0.3) is 5.91 Å². The number of alkyl halides is 3. The molecule has 1 fully saturated rings. The third-order valence-electron chi connectivity index (χ3n) is 6.29. The molecule has 0 radical (unpaired) electrons. The number of hydrogen-bond donors (Lipinski definition) is 1. The summed E-state index contributed by atoms with van der Waals surface area (Å²) in [4.78, 5) is 16.9. The maximum atomic E-state index is 13.8. The van der Waals surface area contributed by atoms with Crippen LogP contribution in [0.2, 0.25) is 0 Å². The van der Waals surface area contributed by atoms with Crippen LogP contribution in [0.15, 0.2) is 53.1 Å². The van der Waals surface area contributed by atoms with Crippen molar-refractivity contribution < 1.29 is 27.1 Å². The molecule has 2 aliphatic rings. The van der Waals surface area contributed by atoms with Gasteiger partial charge in [0.2, 0.25) is 0 Å². The fourth-order valence-corrected chi connectivity index (χ4v) is 4.56. The molecule has 0 unspecified atom stereocenters. The molecular weight excluding hydrogens is 451 g/mol. The second kappa shape index (κ2) is 8.62. The molecule has 1 aromatic carbocycles. The van der Waals surface area contributed by atoms with E-state index in [0.717, 1.165) is 16.1 Å². The van der Waals surface area contributed by atoms with Crippen molar-refractivity contribution in [3.05, 3.63) is 60.2 Å². The van der Waals surface area contributed by atoms with Gasteiger partial charge in [0.15, 0.2) is 11.7 Å². The number of methoxy groups -OCH3 is 1. The van der Waals surface area contributed by atoms with Crippen molar-refractivity contribution in [1.82, 2.24) is 14.7 Å². The Morgan fingerprint density at radius 3 is 2.59 bits per heavy atom. The van der Waals surface area contributed by atoms with Gasteiger partial charge < -0.3 is 24.3 Å². The Bertz CT molecular complexity index is 1150. The second-order valence-corrected chi connectivity index (χ2v) is 8.32. The first kappa shape index (κ1) is 22.2. The molecule has 34 heavy (non-hydrogen) atoms. The molecule has 1 N–H and O–H groups in total. The number of benzene rings is 1. The van der Waals surface area contributed by atoms with Crippen LogP contribution in [0, 0.1) is 0 Å². The Hall–Kier alpha value is -3.63. The summed E-state index contributed by atoms with van der Waals surface area (Å²) in [5.41, 5.74) is 0.929. The smallest absolute Gasteiger partial charge is 0.410 e. The molecule has 2 aliphatic heterocycles. The summed E-state index contributed by atoms with van der Waals surface area (Å²) in [6.45, 7) is 1.99. The molecular formula is C23H24F3N5O3. The van der Waals surface area contributed by atoms with Crippen LogP contribution in [0.25, 0.3) is 0 Å². The summed E-state index contributed by atoms with van der Waals surface area (Å²) in [6.07, 6.45) is -3.38. The van der Waals surface area contributed by atoms with Gasteiger partial charge in [-0.05, 0) is 24.3 Å². The zero-order chi connectivity index (χ0) is 23.9. The standard InChI is InChI=1S/C23H24F3N5O3/c1-33-19-6-3-2-5-17(19)29-8-10-30(11-9-29)22(32)16-14-21-27-15(18-7-4-12-34-18)13-20(23(24,25)26)31(21)28-16/h2-7,12,14-15,20,27H,8-11,13H2,1H3/t15-,20+/m0/s1. The first-order valence-electron chi connectivity index (χ1n) is 11.0. The van der Waals surface area contributed by atoms with E-state index >= 15 is 0 Å². The molecule has 1 amide bonds. The lowest BCUT2D eigenvalue weighted by Gasteiger charge is -2.36. The minimum atomic E-state index is -4.52. The molecule has 180 valence electrons. The SMILES string of the molecule is COc1ccccc1N1CCN(C(=O)c2cc3n(n2)[C@@H](C(F)(F)F)C[C@@H](c2ccco2)N3)CC1. The van der Waals surface area contributed by atoms with Crippen molar-refractivity contribution >= 4 is 17.4 Å². The van der Waals surface area contributed by atoms with Crippen LogP contribution >= 0.6 is 0 Å². The maximum absolute atomic E-state index is 13.8. The number of fused-ring (bicyclic) bond motifs is 1. The number of aromatic nitrogens is 2. The number of halogens is 3. The summed E-state index contributed by atoms with van der Waals surface area (Å²) in [6, 6.07) is 9.77. The molecule has 0 spiro atoms. The number of para-hydroxylation sites is 2. The Morgan fingerprint density at radius 2 is 1.91 bits per heavy atom. The number of furan rings is 1. The number of carbonyl (C=O) groups is 1. The van der Waals surface area contributed by atoms with E-state index in [2.05, 4.69) is 15.3 Å². The lowest BCUT2D eigenvalue weighted by atomic mass is 10.0. The van der Waals surface area contributed by atoms with Gasteiger partial charge in [-0.2, -0.15) is 18.3 Å². The number of amides is 1. The van der Waals surface area contributed by atoms with Gasteiger partial charge in [-0.15, -0.1) is 0 Å². The van der Waals surface area contributed by atoms with E-state index in [0.29, 0.717) is 31.9 Å². The van der Waals surface area contributed by atoms with Gasteiger partial charge in [0.1, 0.15) is 17.3 Å². The minimum Gasteiger partial charge on any atom is -0.495 e. The first-order valence-corrected chi connectivity index (χ1v) is 11.0. The van der Waals surface area contributed by atoms with Crippen LogP contribution in [0.4, 0.5) is 24.7 Å². The minimum absolute atomic E-state index is 0.0115. The Labute approximate surface area is 193 Å². The number of hydrogen-bond acceptors (Lipinski definition) is 6. The van der Waals surface area contributed by atoms with E-state index < -0.39 is 18.3 Å². The average molecular weight is 475 g/mol. The molecule has 0 bridgehead atoms. The highest BCUT2D eigenvalue weighted by Crippen LogP contribution is 2.43. The average Bonchev–Trinajstić information content (AvgIpc) is 3.52. The Kier molecular flexibility index (Phi) is 5.62. The Morgan fingerprint density at radius 1 is 1.15 bits per heavy atom. The number of carbonyl (C=O) groups excluding carboxylic acids is 1. The summed E-state index contributed by atoms with van der Waals surface area (Å²) >= 11 is 0. The molecule has 2 atom stereocenters. The van der Waals surface area contributed by atoms with Gasteiger partial charge in [-0.25, -0.2) is 4.68 Å². The molecule has 4 heterocycles. The molecule has 8 nitrogen and oxygen atoms in total. The number of nitrogens with zero attached hydrogens (tertiary/aromatic N) is 4. The Balaban J connectivity index is 1.33. The van der Waals surface area contributed by atoms with Crippen molar-refractivity contribution in [3.63, 3.8) is 0 Å².